The minimum Gasteiger partial charge on any atom is -0.497 e. The van der Waals surface area contributed by atoms with Crippen molar-refractivity contribution < 1.29 is 19.0 Å². The molecule has 0 aliphatic heterocycles. The molecule has 1 amide bonds. The van der Waals surface area contributed by atoms with Crippen molar-refractivity contribution in [2.45, 2.75) is 0 Å². The van der Waals surface area contributed by atoms with E-state index in [1.54, 1.807) is 50.6 Å². The number of hydrogen-bond acceptors (Lipinski definition) is 5. The zero-order chi connectivity index (χ0) is 17.5. The second-order valence-electron chi connectivity index (χ2n) is 4.89. The van der Waals surface area contributed by atoms with Crippen LogP contribution in [-0.4, -0.2) is 27.2 Å². The van der Waals surface area contributed by atoms with Gasteiger partial charge in [-0.25, -0.2) is 0 Å². The third kappa shape index (κ3) is 4.19. The van der Waals surface area contributed by atoms with Crippen molar-refractivity contribution in [2.75, 3.05) is 32.4 Å². The molecule has 0 saturated heterocycles. The van der Waals surface area contributed by atoms with Crippen molar-refractivity contribution in [2.24, 2.45) is 0 Å². The molecule has 6 heteroatoms. The number of hydrogen-bond donors (Lipinski definition) is 2. The summed E-state index contributed by atoms with van der Waals surface area (Å²) in [7, 11) is 4.64. The molecule has 0 aliphatic carbocycles. The van der Waals surface area contributed by atoms with Crippen LogP contribution in [0, 0.1) is 0 Å². The lowest BCUT2D eigenvalue weighted by Gasteiger charge is -2.10. The maximum absolute atomic E-state index is 12.1. The topological polar surface area (TPSA) is 82.8 Å². The van der Waals surface area contributed by atoms with Gasteiger partial charge in [0.05, 0.1) is 32.7 Å². The normalized spacial score (nSPS) is 10.5. The van der Waals surface area contributed by atoms with E-state index in [0.717, 1.165) is 5.56 Å². The number of anilines is 2. The standard InChI is InChI=1S/C18H20N2O4/c1-22-13-6-8-17(24-3)15(11-13)20-18(21)9-5-12-4-7-16(23-2)14(19)10-12/h4-11H,19H2,1-3H3,(H,20,21)/b9-5-. The summed E-state index contributed by atoms with van der Waals surface area (Å²) >= 11 is 0. The van der Waals surface area contributed by atoms with Gasteiger partial charge in [-0.3, -0.25) is 4.79 Å². The van der Waals surface area contributed by atoms with Crippen LogP contribution in [0.3, 0.4) is 0 Å². The Morgan fingerprint density at radius 3 is 2.33 bits per heavy atom. The van der Waals surface area contributed by atoms with Gasteiger partial charge >= 0.3 is 0 Å². The molecule has 0 aliphatic rings. The summed E-state index contributed by atoms with van der Waals surface area (Å²) in [5, 5.41) is 2.76. The van der Waals surface area contributed by atoms with Crippen LogP contribution in [0.2, 0.25) is 0 Å². The predicted octanol–water partition coefficient (Wildman–Crippen LogP) is 2.95. The van der Waals surface area contributed by atoms with Crippen molar-refractivity contribution in [3.8, 4) is 17.2 Å². The van der Waals surface area contributed by atoms with Crippen LogP contribution < -0.4 is 25.3 Å². The van der Waals surface area contributed by atoms with E-state index in [9.17, 15) is 4.79 Å². The van der Waals surface area contributed by atoms with Gasteiger partial charge in [-0.2, -0.15) is 0 Å². The van der Waals surface area contributed by atoms with E-state index >= 15 is 0 Å². The highest BCUT2D eigenvalue weighted by Gasteiger charge is 2.07. The average Bonchev–Trinajstić information content (AvgIpc) is 2.60. The smallest absolute Gasteiger partial charge is 0.248 e. The Hall–Kier alpha value is -3.15. The first-order chi connectivity index (χ1) is 11.6. The molecule has 3 N–H and O–H groups in total. The molecule has 0 aromatic heterocycles. The number of nitrogens with two attached hydrogens (primary N) is 1. The lowest BCUT2D eigenvalue weighted by Crippen LogP contribution is -2.09. The Bertz CT molecular complexity index is 757. The molecule has 126 valence electrons. The SMILES string of the molecule is COc1ccc(OC)c(NC(=O)/C=C\c2ccc(OC)c(N)c2)c1. The monoisotopic (exact) mass is 328 g/mol. The van der Waals surface area contributed by atoms with Gasteiger partial charge in [0.2, 0.25) is 5.91 Å². The molecule has 2 aromatic carbocycles. The third-order valence-corrected chi connectivity index (χ3v) is 3.35. The van der Waals surface area contributed by atoms with Gasteiger partial charge in [-0.1, -0.05) is 6.07 Å². The van der Waals surface area contributed by atoms with Gasteiger partial charge < -0.3 is 25.3 Å². The molecule has 0 atom stereocenters. The van der Waals surface area contributed by atoms with Gasteiger partial charge in [0.15, 0.2) is 0 Å². The second-order valence-corrected chi connectivity index (χ2v) is 4.89. The van der Waals surface area contributed by atoms with Crippen molar-refractivity contribution in [1.82, 2.24) is 0 Å². The Morgan fingerprint density at radius 2 is 1.71 bits per heavy atom. The fraction of sp³-hybridized carbons (Fsp3) is 0.167. The molecule has 0 saturated carbocycles. The van der Waals surface area contributed by atoms with Crippen LogP contribution in [0.15, 0.2) is 42.5 Å². The number of nitrogens with one attached hydrogen (secondary N) is 1. The molecular formula is C18H20N2O4. The molecule has 2 aromatic rings. The first-order valence-electron chi connectivity index (χ1n) is 7.22. The van der Waals surface area contributed by atoms with Crippen LogP contribution in [0.4, 0.5) is 11.4 Å². The average molecular weight is 328 g/mol. The Morgan fingerprint density at radius 1 is 1.00 bits per heavy atom. The van der Waals surface area contributed by atoms with Crippen molar-refractivity contribution in [1.29, 1.82) is 0 Å². The number of carbonyl (C=O) groups is 1. The summed E-state index contributed by atoms with van der Waals surface area (Å²) in [5.74, 6) is 1.47. The second kappa shape index (κ2) is 7.92. The number of amides is 1. The number of ether oxygens (including phenoxy) is 3. The van der Waals surface area contributed by atoms with E-state index < -0.39 is 0 Å². The van der Waals surface area contributed by atoms with Crippen LogP contribution in [0.1, 0.15) is 5.56 Å². The summed E-state index contributed by atoms with van der Waals surface area (Å²) in [4.78, 5) is 12.1. The van der Waals surface area contributed by atoms with Crippen LogP contribution in [0.5, 0.6) is 17.2 Å². The fourth-order valence-electron chi connectivity index (χ4n) is 2.11. The molecule has 2 rings (SSSR count). The minimum absolute atomic E-state index is 0.295. The number of carbonyl (C=O) groups excluding carboxylic acids is 1. The number of rotatable bonds is 6. The van der Waals surface area contributed by atoms with Gasteiger partial charge in [0.1, 0.15) is 17.2 Å². The van der Waals surface area contributed by atoms with Gasteiger partial charge in [0.25, 0.3) is 0 Å². The molecule has 0 heterocycles. The number of benzene rings is 2. The summed E-state index contributed by atoms with van der Waals surface area (Å²) in [6, 6.07) is 10.5. The highest BCUT2D eigenvalue weighted by atomic mass is 16.5. The largest absolute Gasteiger partial charge is 0.497 e. The molecule has 0 bridgehead atoms. The van der Waals surface area contributed by atoms with Gasteiger partial charge in [-0.15, -0.1) is 0 Å². The summed E-state index contributed by atoms with van der Waals surface area (Å²) in [6.07, 6.45) is 3.08. The predicted molar refractivity (Wildman–Crippen MR) is 94.6 cm³/mol. The summed E-state index contributed by atoms with van der Waals surface area (Å²) in [6.45, 7) is 0. The van der Waals surface area contributed by atoms with E-state index in [-0.39, 0.29) is 5.91 Å². The van der Waals surface area contributed by atoms with Crippen molar-refractivity contribution in [3.63, 3.8) is 0 Å². The van der Waals surface area contributed by atoms with E-state index in [2.05, 4.69) is 5.32 Å². The van der Waals surface area contributed by atoms with E-state index in [0.29, 0.717) is 28.6 Å². The maximum atomic E-state index is 12.1. The first kappa shape index (κ1) is 17.2. The lowest BCUT2D eigenvalue weighted by molar-refractivity contribution is -0.111. The van der Waals surface area contributed by atoms with E-state index in [1.807, 2.05) is 6.07 Å². The number of methoxy groups -OCH3 is 3. The summed E-state index contributed by atoms with van der Waals surface area (Å²) in [5.41, 5.74) is 7.67. The molecule has 24 heavy (non-hydrogen) atoms. The van der Waals surface area contributed by atoms with Crippen LogP contribution in [0.25, 0.3) is 6.08 Å². The Kier molecular flexibility index (Phi) is 5.68. The van der Waals surface area contributed by atoms with Gasteiger partial charge in [-0.05, 0) is 35.9 Å². The zero-order valence-electron chi connectivity index (χ0n) is 13.8. The minimum atomic E-state index is -0.295. The Labute approximate surface area is 140 Å². The van der Waals surface area contributed by atoms with Gasteiger partial charge in [0, 0.05) is 12.1 Å². The third-order valence-electron chi connectivity index (χ3n) is 3.35. The quantitative estimate of drug-likeness (QED) is 0.629. The molecule has 0 radical (unpaired) electrons. The molecule has 0 spiro atoms. The molecule has 6 nitrogen and oxygen atoms in total. The zero-order valence-corrected chi connectivity index (χ0v) is 13.8. The van der Waals surface area contributed by atoms with E-state index in [4.69, 9.17) is 19.9 Å². The first-order valence-corrected chi connectivity index (χ1v) is 7.22. The number of nitrogen functional groups attached to an aromatic ring is 1. The summed E-state index contributed by atoms with van der Waals surface area (Å²) < 4.78 is 15.5. The maximum Gasteiger partial charge on any atom is 0.248 e. The fourth-order valence-corrected chi connectivity index (χ4v) is 2.11. The Balaban J connectivity index is 2.11. The lowest BCUT2D eigenvalue weighted by atomic mass is 10.1. The molecule has 0 fully saturated rings. The van der Waals surface area contributed by atoms with Crippen molar-refractivity contribution >= 4 is 23.4 Å². The molecular weight excluding hydrogens is 308 g/mol. The van der Waals surface area contributed by atoms with Crippen LogP contribution >= 0.6 is 0 Å². The van der Waals surface area contributed by atoms with Crippen LogP contribution in [-0.2, 0) is 4.79 Å². The highest BCUT2D eigenvalue weighted by molar-refractivity contribution is 6.03. The van der Waals surface area contributed by atoms with E-state index in [1.165, 1.54) is 13.2 Å². The van der Waals surface area contributed by atoms with Crippen molar-refractivity contribution in [3.05, 3.63) is 48.0 Å². The highest BCUT2D eigenvalue weighted by Crippen LogP contribution is 2.29. The molecule has 0 unspecified atom stereocenters.